The monoisotopic (exact) mass is 276 g/mol. The van der Waals surface area contributed by atoms with Crippen molar-refractivity contribution in [3.63, 3.8) is 0 Å². The molecule has 0 radical (unpaired) electrons. The average molecular weight is 276 g/mol. The van der Waals surface area contributed by atoms with Gasteiger partial charge in [0.1, 0.15) is 0 Å². The molecule has 0 aliphatic heterocycles. The number of nitrogens with two attached hydrogens (primary N) is 1. The Hall–Kier alpha value is -2.22. The van der Waals surface area contributed by atoms with Crippen LogP contribution in [-0.4, -0.2) is 31.3 Å². The molecule has 0 amide bonds. The summed E-state index contributed by atoms with van der Waals surface area (Å²) in [6, 6.07) is 1.80. The molecule has 2 aromatic rings. The van der Waals surface area contributed by atoms with Crippen molar-refractivity contribution >= 4 is 11.9 Å². The summed E-state index contributed by atoms with van der Waals surface area (Å²) in [5.41, 5.74) is 2.44. The summed E-state index contributed by atoms with van der Waals surface area (Å²) in [7, 11) is 0. The summed E-state index contributed by atoms with van der Waals surface area (Å²) >= 11 is 0. The van der Waals surface area contributed by atoms with Gasteiger partial charge in [0.25, 0.3) is 5.95 Å². The molecule has 4 N–H and O–H groups in total. The van der Waals surface area contributed by atoms with Crippen LogP contribution in [-0.2, 0) is 0 Å². The predicted octanol–water partition coefficient (Wildman–Crippen LogP) is 1.34. The molecule has 0 saturated heterocycles. The van der Waals surface area contributed by atoms with Gasteiger partial charge in [-0.2, -0.15) is 20.1 Å². The van der Waals surface area contributed by atoms with Gasteiger partial charge in [-0.05, 0) is 12.5 Å². The summed E-state index contributed by atoms with van der Waals surface area (Å²) in [5, 5.41) is 7.27. The smallest absolute Gasteiger partial charge is 0.257 e. The van der Waals surface area contributed by atoms with E-state index < -0.39 is 0 Å². The Morgan fingerprint density at radius 3 is 2.70 bits per heavy atom. The first-order chi connectivity index (χ1) is 9.83. The number of nitrogens with zero attached hydrogens (tertiary/aromatic N) is 5. The first-order valence-electron chi connectivity index (χ1n) is 6.80. The summed E-state index contributed by atoms with van der Waals surface area (Å²) < 4.78 is 1.56. The van der Waals surface area contributed by atoms with Gasteiger partial charge in [0, 0.05) is 18.9 Å². The van der Waals surface area contributed by atoms with Gasteiger partial charge in [0.15, 0.2) is 0 Å². The fraction of sp³-hybridized carbons (Fsp3) is 0.500. The molecule has 0 saturated carbocycles. The van der Waals surface area contributed by atoms with Crippen LogP contribution in [0.25, 0.3) is 5.95 Å². The first-order valence-corrected chi connectivity index (χ1v) is 6.80. The molecular weight excluding hydrogens is 256 g/mol. The fourth-order valence-electron chi connectivity index (χ4n) is 1.75. The Bertz CT molecular complexity index is 510. The molecule has 0 unspecified atom stereocenters. The van der Waals surface area contributed by atoms with E-state index in [0.29, 0.717) is 17.8 Å². The van der Waals surface area contributed by atoms with Gasteiger partial charge in [-0.25, -0.2) is 10.5 Å². The second kappa shape index (κ2) is 7.39. The van der Waals surface area contributed by atoms with Crippen LogP contribution in [0.3, 0.4) is 0 Å². The molecule has 8 heteroatoms. The molecule has 8 nitrogen and oxygen atoms in total. The van der Waals surface area contributed by atoms with Gasteiger partial charge in [-0.15, -0.1) is 0 Å². The largest absolute Gasteiger partial charge is 0.354 e. The number of aromatic nitrogens is 5. The highest BCUT2D eigenvalue weighted by Gasteiger charge is 2.07. The highest BCUT2D eigenvalue weighted by atomic mass is 15.4. The lowest BCUT2D eigenvalue weighted by Gasteiger charge is -2.08. The lowest BCUT2D eigenvalue weighted by Crippen LogP contribution is -2.16. The van der Waals surface area contributed by atoms with Crippen molar-refractivity contribution in [3.05, 3.63) is 18.5 Å². The lowest BCUT2D eigenvalue weighted by molar-refractivity contribution is 0.682. The topological polar surface area (TPSA) is 107 Å². The molecule has 0 aliphatic rings. The molecule has 0 bridgehead atoms. The molecule has 2 aromatic heterocycles. The molecule has 0 aromatic carbocycles. The Morgan fingerprint density at radius 2 is 2.00 bits per heavy atom. The van der Waals surface area contributed by atoms with Gasteiger partial charge in [-0.1, -0.05) is 26.2 Å². The second-order valence-electron chi connectivity index (χ2n) is 4.37. The van der Waals surface area contributed by atoms with Crippen molar-refractivity contribution in [2.24, 2.45) is 5.84 Å². The number of nitrogen functional groups attached to an aromatic ring is 1. The van der Waals surface area contributed by atoms with Crippen LogP contribution in [0.2, 0.25) is 0 Å². The van der Waals surface area contributed by atoms with Crippen molar-refractivity contribution in [1.82, 2.24) is 24.7 Å². The summed E-state index contributed by atoms with van der Waals surface area (Å²) in [6.07, 6.45) is 8.17. The number of anilines is 2. The van der Waals surface area contributed by atoms with Crippen molar-refractivity contribution in [3.8, 4) is 5.95 Å². The zero-order valence-corrected chi connectivity index (χ0v) is 11.6. The van der Waals surface area contributed by atoms with E-state index in [-0.39, 0.29) is 0 Å². The van der Waals surface area contributed by atoms with E-state index in [9.17, 15) is 0 Å². The van der Waals surface area contributed by atoms with E-state index in [1.807, 2.05) is 0 Å². The minimum Gasteiger partial charge on any atom is -0.354 e. The number of hydrogen-bond acceptors (Lipinski definition) is 7. The van der Waals surface area contributed by atoms with E-state index in [4.69, 9.17) is 5.84 Å². The number of unbranched alkanes of at least 4 members (excludes halogenated alkanes) is 3. The number of hydrazine groups is 1. The molecule has 0 fully saturated rings. The number of rotatable bonds is 8. The molecule has 0 atom stereocenters. The second-order valence-corrected chi connectivity index (χ2v) is 4.37. The van der Waals surface area contributed by atoms with Gasteiger partial charge in [-0.3, -0.25) is 5.43 Å². The molecule has 0 spiro atoms. The molecule has 2 rings (SSSR count). The van der Waals surface area contributed by atoms with Crippen molar-refractivity contribution in [1.29, 1.82) is 0 Å². The van der Waals surface area contributed by atoms with Crippen LogP contribution in [0, 0.1) is 0 Å². The van der Waals surface area contributed by atoms with Crippen molar-refractivity contribution in [2.45, 2.75) is 32.6 Å². The van der Waals surface area contributed by atoms with Crippen LogP contribution in [0.1, 0.15) is 32.6 Å². The maximum absolute atomic E-state index is 5.38. The Balaban J connectivity index is 2.03. The van der Waals surface area contributed by atoms with Crippen LogP contribution in [0.15, 0.2) is 18.5 Å². The SMILES string of the molecule is CCCCCCNc1nc(NN)nc(-n2cccn2)n1. The van der Waals surface area contributed by atoms with Crippen LogP contribution < -0.4 is 16.6 Å². The Kier molecular flexibility index (Phi) is 5.24. The van der Waals surface area contributed by atoms with E-state index in [0.717, 1.165) is 13.0 Å². The summed E-state index contributed by atoms with van der Waals surface area (Å²) in [6.45, 7) is 3.02. The third-order valence-corrected chi connectivity index (χ3v) is 2.78. The standard InChI is InChI=1S/C12H20N8/c1-2-3-4-5-7-14-10-16-11(19-13)18-12(17-10)20-9-6-8-15-20/h6,8-9H,2-5,7,13H2,1H3,(H2,14,16,17,18,19). The Labute approximate surface area is 117 Å². The lowest BCUT2D eigenvalue weighted by atomic mass is 10.2. The quantitative estimate of drug-likeness (QED) is 0.379. The number of nitrogens with one attached hydrogen (secondary N) is 2. The van der Waals surface area contributed by atoms with Crippen LogP contribution in [0.4, 0.5) is 11.9 Å². The fourth-order valence-corrected chi connectivity index (χ4v) is 1.75. The third kappa shape index (κ3) is 3.89. The van der Waals surface area contributed by atoms with E-state index in [1.54, 1.807) is 23.1 Å². The molecule has 2 heterocycles. The van der Waals surface area contributed by atoms with Crippen molar-refractivity contribution in [2.75, 3.05) is 17.3 Å². The highest BCUT2D eigenvalue weighted by molar-refractivity contribution is 5.36. The van der Waals surface area contributed by atoms with Gasteiger partial charge < -0.3 is 5.32 Å². The minimum absolute atomic E-state index is 0.307. The third-order valence-electron chi connectivity index (χ3n) is 2.78. The van der Waals surface area contributed by atoms with E-state index in [2.05, 4.69) is 37.7 Å². The number of hydrogen-bond donors (Lipinski definition) is 3. The molecule has 0 aliphatic carbocycles. The zero-order valence-electron chi connectivity index (χ0n) is 11.6. The summed E-state index contributed by atoms with van der Waals surface area (Å²) in [5.74, 6) is 6.60. The molecular formula is C12H20N8. The van der Waals surface area contributed by atoms with Gasteiger partial charge in [0.2, 0.25) is 11.9 Å². The normalized spacial score (nSPS) is 10.5. The molecule has 108 valence electrons. The van der Waals surface area contributed by atoms with Gasteiger partial charge in [0.05, 0.1) is 0 Å². The predicted molar refractivity (Wildman–Crippen MR) is 77.4 cm³/mol. The molecule has 20 heavy (non-hydrogen) atoms. The summed E-state index contributed by atoms with van der Waals surface area (Å²) in [4.78, 5) is 12.6. The first kappa shape index (κ1) is 14.2. The average Bonchev–Trinajstić information content (AvgIpc) is 3.01. The highest BCUT2D eigenvalue weighted by Crippen LogP contribution is 2.08. The maximum atomic E-state index is 5.38. The van der Waals surface area contributed by atoms with Crippen LogP contribution >= 0.6 is 0 Å². The Morgan fingerprint density at radius 1 is 1.15 bits per heavy atom. The van der Waals surface area contributed by atoms with E-state index in [1.165, 1.54) is 19.3 Å². The minimum atomic E-state index is 0.307. The van der Waals surface area contributed by atoms with Crippen LogP contribution in [0.5, 0.6) is 0 Å². The zero-order chi connectivity index (χ0) is 14.2. The van der Waals surface area contributed by atoms with E-state index >= 15 is 0 Å². The van der Waals surface area contributed by atoms with Crippen molar-refractivity contribution < 1.29 is 0 Å². The van der Waals surface area contributed by atoms with Gasteiger partial charge >= 0.3 is 0 Å². The maximum Gasteiger partial charge on any atom is 0.257 e.